The fourth-order valence-electron chi connectivity index (χ4n) is 1.30. The van der Waals surface area contributed by atoms with Crippen LogP contribution in [0.4, 0.5) is 0 Å². The Balaban J connectivity index is -0.00000141. The maximum atomic E-state index is 10.4. The molecular weight excluding hydrogens is 302 g/mol. The highest BCUT2D eigenvalue weighted by Gasteiger charge is 1.95. The summed E-state index contributed by atoms with van der Waals surface area (Å²) >= 11 is 0. The van der Waals surface area contributed by atoms with Gasteiger partial charge in [-0.05, 0) is 6.42 Å². The van der Waals surface area contributed by atoms with Gasteiger partial charge < -0.3 is 29.4 Å². The molecule has 0 saturated carbocycles. The molecule has 0 radical (unpaired) electrons. The van der Waals surface area contributed by atoms with Crippen molar-refractivity contribution in [2.45, 2.75) is 33.6 Å². The number of nitrogens with two attached hydrogens (primary N) is 1. The van der Waals surface area contributed by atoms with Crippen molar-refractivity contribution in [2.24, 2.45) is 5.73 Å². The van der Waals surface area contributed by atoms with Crippen molar-refractivity contribution in [3.63, 3.8) is 0 Å². The predicted octanol–water partition coefficient (Wildman–Crippen LogP) is 1.63. The summed E-state index contributed by atoms with van der Waals surface area (Å²) in [5.41, 5.74) is 4.97. The smallest absolute Gasteiger partial charge is 0.219 e. The number of hydrogen-bond donors (Lipinski definition) is 1. The van der Waals surface area contributed by atoms with Gasteiger partial charge in [0.25, 0.3) is 0 Å². The third-order valence-corrected chi connectivity index (χ3v) is 2.33. The van der Waals surface area contributed by atoms with E-state index in [4.69, 9.17) is 29.4 Å². The first-order chi connectivity index (χ1) is 11.3. The van der Waals surface area contributed by atoms with Crippen molar-refractivity contribution >= 4 is 5.91 Å². The highest BCUT2D eigenvalue weighted by molar-refractivity contribution is 5.73. The van der Waals surface area contributed by atoms with Gasteiger partial charge in [0.2, 0.25) is 5.91 Å². The first-order valence-electron chi connectivity index (χ1n) is 8.44. The van der Waals surface area contributed by atoms with Crippen LogP contribution in [-0.2, 0) is 28.5 Å². The van der Waals surface area contributed by atoms with Crippen LogP contribution in [0.2, 0.25) is 0 Å². The maximum Gasteiger partial charge on any atom is 0.219 e. The van der Waals surface area contributed by atoms with Crippen LogP contribution in [0, 0.1) is 0 Å². The fraction of sp³-hybridized carbons (Fsp3) is 0.938. The molecule has 0 spiro atoms. The lowest BCUT2D eigenvalue weighted by Crippen LogP contribution is -2.16. The summed E-state index contributed by atoms with van der Waals surface area (Å²) in [4.78, 5) is 10.4. The fourth-order valence-corrected chi connectivity index (χ4v) is 1.30. The van der Waals surface area contributed by atoms with Crippen LogP contribution in [0.1, 0.15) is 35.0 Å². The Morgan fingerprint density at radius 2 is 1.00 bits per heavy atom. The molecule has 0 aromatic rings. The largest absolute Gasteiger partial charge is 0.379 e. The minimum absolute atomic E-state index is 0. The van der Waals surface area contributed by atoms with Gasteiger partial charge in [-0.25, -0.2) is 0 Å². The van der Waals surface area contributed by atoms with Gasteiger partial charge >= 0.3 is 0 Å². The second-order valence-electron chi connectivity index (χ2n) is 4.28. The molecule has 0 aliphatic carbocycles. The van der Waals surface area contributed by atoms with Gasteiger partial charge in [0.1, 0.15) is 0 Å². The molecule has 1 amide bonds. The molecule has 0 aromatic heterocycles. The molecule has 0 aliphatic heterocycles. The molecule has 0 aliphatic rings. The van der Waals surface area contributed by atoms with Gasteiger partial charge in [-0.15, -0.1) is 0 Å². The van der Waals surface area contributed by atoms with E-state index in [9.17, 15) is 4.79 Å². The average Bonchev–Trinajstić information content (AvgIpc) is 2.56. The molecule has 0 bridgehead atoms. The lowest BCUT2D eigenvalue weighted by molar-refractivity contribution is -0.119. The Bertz CT molecular complexity index is 235. The summed E-state index contributed by atoms with van der Waals surface area (Å²) in [5.74, 6) is -0.358. The lowest BCUT2D eigenvalue weighted by atomic mass is 10.4. The number of hydrogen-bond acceptors (Lipinski definition) is 6. The zero-order valence-corrected chi connectivity index (χ0v) is 15.0. The summed E-state index contributed by atoms with van der Waals surface area (Å²) in [5, 5.41) is 0. The van der Waals surface area contributed by atoms with E-state index in [0.29, 0.717) is 59.5 Å². The molecule has 0 fully saturated rings. The van der Waals surface area contributed by atoms with Gasteiger partial charge in [0, 0.05) is 14.5 Å². The molecule has 23 heavy (non-hydrogen) atoms. The van der Waals surface area contributed by atoms with E-state index in [1.165, 1.54) is 0 Å². The molecule has 0 rings (SSSR count). The first kappa shape index (κ1) is 24.5. The van der Waals surface area contributed by atoms with E-state index in [-0.39, 0.29) is 13.8 Å². The molecule has 0 aromatic carbocycles. The molecule has 0 atom stereocenters. The summed E-state index contributed by atoms with van der Waals surface area (Å²) in [7, 11) is 0. The lowest BCUT2D eigenvalue weighted by Gasteiger charge is -2.07. The second-order valence-corrected chi connectivity index (χ2v) is 4.28. The number of carbonyl (C=O) groups is 1. The van der Waals surface area contributed by atoms with Gasteiger partial charge in [0.15, 0.2) is 0 Å². The van der Waals surface area contributed by atoms with Crippen molar-refractivity contribution in [1.82, 2.24) is 0 Å². The van der Waals surface area contributed by atoms with Crippen LogP contribution in [0.15, 0.2) is 0 Å². The standard InChI is InChI=1S/C14H29NO6.C2H6.H2/c1-2-4-17-6-8-19-10-12-21-13-11-20-9-7-18-5-3-14(15)16;1-2;/h2-13H2,1H3,(H2,15,16);1-2H3;1H. The SMILES string of the molecule is CC.CCCOCCOCCOCCOCCOCCC(N)=O.[HH]. The number of ether oxygens (including phenoxy) is 5. The van der Waals surface area contributed by atoms with Crippen molar-refractivity contribution in [1.29, 1.82) is 0 Å². The molecule has 142 valence electrons. The Hall–Kier alpha value is -0.730. The van der Waals surface area contributed by atoms with Crippen LogP contribution >= 0.6 is 0 Å². The van der Waals surface area contributed by atoms with Gasteiger partial charge in [-0.1, -0.05) is 20.8 Å². The Morgan fingerprint density at radius 3 is 1.30 bits per heavy atom. The highest BCUT2D eigenvalue weighted by Crippen LogP contribution is 1.85. The third-order valence-electron chi connectivity index (χ3n) is 2.33. The van der Waals surface area contributed by atoms with E-state index < -0.39 is 0 Å². The van der Waals surface area contributed by atoms with Crippen LogP contribution in [0.5, 0.6) is 0 Å². The Morgan fingerprint density at radius 1 is 0.696 bits per heavy atom. The van der Waals surface area contributed by atoms with Gasteiger partial charge in [-0.3, -0.25) is 4.79 Å². The predicted molar refractivity (Wildman–Crippen MR) is 91.7 cm³/mol. The minimum atomic E-state index is -0.358. The van der Waals surface area contributed by atoms with Crippen LogP contribution in [0.25, 0.3) is 0 Å². The third kappa shape index (κ3) is 26.5. The summed E-state index contributed by atoms with van der Waals surface area (Å²) in [6.07, 6.45) is 1.27. The highest BCUT2D eigenvalue weighted by atomic mass is 16.6. The van der Waals surface area contributed by atoms with Gasteiger partial charge in [0.05, 0.1) is 59.5 Å². The summed E-state index contributed by atoms with van der Waals surface area (Å²) in [6, 6.07) is 0. The van der Waals surface area contributed by atoms with Gasteiger partial charge in [-0.2, -0.15) is 0 Å². The van der Waals surface area contributed by atoms with Crippen molar-refractivity contribution in [3.8, 4) is 0 Å². The van der Waals surface area contributed by atoms with Crippen molar-refractivity contribution in [3.05, 3.63) is 0 Å². The number of rotatable bonds is 17. The molecule has 0 unspecified atom stereocenters. The first-order valence-corrected chi connectivity index (χ1v) is 8.44. The zero-order valence-electron chi connectivity index (χ0n) is 15.0. The van der Waals surface area contributed by atoms with Crippen LogP contribution < -0.4 is 5.73 Å². The average molecular weight is 339 g/mol. The van der Waals surface area contributed by atoms with Crippen LogP contribution in [0.3, 0.4) is 0 Å². The van der Waals surface area contributed by atoms with E-state index in [1.54, 1.807) is 0 Å². The van der Waals surface area contributed by atoms with E-state index in [1.807, 2.05) is 13.8 Å². The second kappa shape index (κ2) is 23.5. The summed E-state index contributed by atoms with van der Waals surface area (Å²) in [6.45, 7) is 11.5. The topological polar surface area (TPSA) is 89.2 Å². The van der Waals surface area contributed by atoms with Crippen molar-refractivity contribution in [2.75, 3.05) is 66.1 Å². The van der Waals surface area contributed by atoms with E-state index in [0.717, 1.165) is 13.0 Å². The summed E-state index contributed by atoms with van der Waals surface area (Å²) < 4.78 is 26.4. The molecule has 0 saturated heterocycles. The molecule has 7 nitrogen and oxygen atoms in total. The molecule has 7 heteroatoms. The Labute approximate surface area is 142 Å². The van der Waals surface area contributed by atoms with E-state index in [2.05, 4.69) is 6.92 Å². The number of primary amides is 1. The molecular formula is C16H37NO6. The van der Waals surface area contributed by atoms with E-state index >= 15 is 0 Å². The monoisotopic (exact) mass is 339 g/mol. The quantitative estimate of drug-likeness (QED) is 0.405. The minimum Gasteiger partial charge on any atom is -0.379 e. The molecule has 2 N–H and O–H groups in total. The normalized spacial score (nSPS) is 10.2. The van der Waals surface area contributed by atoms with Crippen LogP contribution in [-0.4, -0.2) is 72.0 Å². The number of amides is 1. The maximum absolute atomic E-state index is 10.4. The number of carbonyl (C=O) groups excluding carboxylic acids is 1. The zero-order chi connectivity index (χ0) is 17.6. The molecule has 0 heterocycles. The van der Waals surface area contributed by atoms with Crippen molar-refractivity contribution < 1.29 is 29.9 Å². The Kier molecular flexibility index (Phi) is 25.1.